The molecule has 0 atom stereocenters. The average Bonchev–Trinajstić information content (AvgIpc) is 2.47. The van der Waals surface area contributed by atoms with Crippen molar-refractivity contribution in [2.24, 2.45) is 0 Å². The first-order chi connectivity index (χ1) is 6.47. The summed E-state index contributed by atoms with van der Waals surface area (Å²) < 4.78 is 0. The molecule has 0 bridgehead atoms. The van der Waals surface area contributed by atoms with E-state index in [0.29, 0.717) is 0 Å². The summed E-state index contributed by atoms with van der Waals surface area (Å²) in [6.07, 6.45) is 8.73. The minimum absolute atomic E-state index is 0.923. The van der Waals surface area contributed by atoms with Gasteiger partial charge < -0.3 is 5.43 Å². The van der Waals surface area contributed by atoms with Crippen molar-refractivity contribution in [1.29, 1.82) is 0 Å². The molecule has 3 heteroatoms. The van der Waals surface area contributed by atoms with E-state index < -0.39 is 0 Å². The average molecular weight is 173 g/mol. The Bertz CT molecular complexity index is 327. The zero-order valence-electron chi connectivity index (χ0n) is 7.20. The molecule has 1 aliphatic heterocycles. The van der Waals surface area contributed by atoms with Crippen molar-refractivity contribution in [1.82, 2.24) is 15.8 Å². The SMILES string of the molecule is C1=CNNC(c2ccccn2)=CC1. The summed E-state index contributed by atoms with van der Waals surface area (Å²) >= 11 is 0. The monoisotopic (exact) mass is 173 g/mol. The van der Waals surface area contributed by atoms with E-state index in [-0.39, 0.29) is 0 Å². The third kappa shape index (κ3) is 1.87. The Morgan fingerprint density at radius 3 is 3.15 bits per heavy atom. The molecule has 13 heavy (non-hydrogen) atoms. The van der Waals surface area contributed by atoms with Crippen LogP contribution in [0.5, 0.6) is 0 Å². The van der Waals surface area contributed by atoms with Crippen molar-refractivity contribution in [2.45, 2.75) is 6.42 Å². The summed E-state index contributed by atoms with van der Waals surface area (Å²) in [4.78, 5) is 4.25. The van der Waals surface area contributed by atoms with Gasteiger partial charge in [-0.2, -0.15) is 0 Å². The van der Waals surface area contributed by atoms with Crippen LogP contribution in [-0.2, 0) is 0 Å². The van der Waals surface area contributed by atoms with Crippen LogP contribution in [0.1, 0.15) is 12.1 Å². The second kappa shape index (κ2) is 3.76. The van der Waals surface area contributed by atoms with E-state index in [9.17, 15) is 0 Å². The van der Waals surface area contributed by atoms with Crippen molar-refractivity contribution >= 4 is 5.70 Å². The molecule has 2 rings (SSSR count). The fraction of sp³-hybridized carbons (Fsp3) is 0.100. The summed E-state index contributed by atoms with van der Waals surface area (Å²) in [5, 5.41) is 0. The largest absolute Gasteiger partial charge is 0.308 e. The summed E-state index contributed by atoms with van der Waals surface area (Å²) in [6, 6.07) is 5.86. The summed E-state index contributed by atoms with van der Waals surface area (Å²) in [5.74, 6) is 0. The number of hydrogen-bond acceptors (Lipinski definition) is 3. The van der Waals surface area contributed by atoms with E-state index in [1.165, 1.54) is 0 Å². The molecule has 1 aliphatic rings. The maximum atomic E-state index is 4.25. The van der Waals surface area contributed by atoms with Crippen molar-refractivity contribution in [3.05, 3.63) is 48.4 Å². The highest BCUT2D eigenvalue weighted by molar-refractivity contribution is 5.60. The van der Waals surface area contributed by atoms with Crippen molar-refractivity contribution in [2.75, 3.05) is 0 Å². The molecule has 2 N–H and O–H groups in total. The fourth-order valence-electron chi connectivity index (χ4n) is 1.17. The molecule has 0 amide bonds. The molecular weight excluding hydrogens is 162 g/mol. The van der Waals surface area contributed by atoms with Crippen LogP contribution >= 0.6 is 0 Å². The minimum atomic E-state index is 0.923. The first-order valence-electron chi connectivity index (χ1n) is 4.25. The smallest absolute Gasteiger partial charge is 0.0875 e. The molecule has 0 radical (unpaired) electrons. The van der Waals surface area contributed by atoms with Gasteiger partial charge in [-0.3, -0.25) is 10.4 Å². The van der Waals surface area contributed by atoms with E-state index in [4.69, 9.17) is 0 Å². The van der Waals surface area contributed by atoms with Gasteiger partial charge in [-0.15, -0.1) is 0 Å². The molecule has 0 spiro atoms. The number of rotatable bonds is 1. The molecule has 2 heterocycles. The van der Waals surface area contributed by atoms with Gasteiger partial charge in [0.2, 0.25) is 0 Å². The minimum Gasteiger partial charge on any atom is -0.308 e. The van der Waals surface area contributed by atoms with E-state index in [0.717, 1.165) is 17.8 Å². The topological polar surface area (TPSA) is 37.0 Å². The van der Waals surface area contributed by atoms with Crippen molar-refractivity contribution in [3.63, 3.8) is 0 Å². The van der Waals surface area contributed by atoms with Gasteiger partial charge in [-0.05, 0) is 18.6 Å². The predicted octanol–water partition coefficient (Wildman–Crippen LogP) is 1.43. The second-order valence-corrected chi connectivity index (χ2v) is 2.74. The second-order valence-electron chi connectivity index (χ2n) is 2.74. The maximum absolute atomic E-state index is 4.25. The Balaban J connectivity index is 2.22. The Hall–Kier alpha value is -1.77. The predicted molar refractivity (Wildman–Crippen MR) is 52.2 cm³/mol. The number of allylic oxidation sites excluding steroid dienone is 2. The molecular formula is C10H11N3. The fourth-order valence-corrected chi connectivity index (χ4v) is 1.17. The number of hydrogen-bond donors (Lipinski definition) is 2. The Morgan fingerprint density at radius 1 is 1.31 bits per heavy atom. The Kier molecular flexibility index (Phi) is 2.27. The van der Waals surface area contributed by atoms with Gasteiger partial charge in [-0.1, -0.05) is 18.2 Å². The molecule has 0 saturated carbocycles. The molecule has 3 nitrogen and oxygen atoms in total. The van der Waals surface area contributed by atoms with Gasteiger partial charge in [0, 0.05) is 12.4 Å². The molecule has 0 fully saturated rings. The first-order valence-corrected chi connectivity index (χ1v) is 4.25. The third-order valence-electron chi connectivity index (χ3n) is 1.81. The lowest BCUT2D eigenvalue weighted by Gasteiger charge is -2.07. The number of aromatic nitrogens is 1. The molecule has 66 valence electrons. The number of hydrazine groups is 1. The van der Waals surface area contributed by atoms with Crippen LogP contribution in [0.3, 0.4) is 0 Å². The van der Waals surface area contributed by atoms with Crippen LogP contribution in [0, 0.1) is 0 Å². The van der Waals surface area contributed by atoms with E-state index >= 15 is 0 Å². The van der Waals surface area contributed by atoms with Gasteiger partial charge in [0.25, 0.3) is 0 Å². The van der Waals surface area contributed by atoms with E-state index in [1.807, 2.05) is 30.5 Å². The number of nitrogens with one attached hydrogen (secondary N) is 2. The highest BCUT2D eigenvalue weighted by Crippen LogP contribution is 2.09. The number of pyridine rings is 1. The molecule has 0 saturated heterocycles. The highest BCUT2D eigenvalue weighted by atomic mass is 15.3. The first kappa shape index (κ1) is 7.86. The Morgan fingerprint density at radius 2 is 2.31 bits per heavy atom. The van der Waals surface area contributed by atoms with Crippen molar-refractivity contribution in [3.8, 4) is 0 Å². The summed E-state index contributed by atoms with van der Waals surface area (Å²) in [6.45, 7) is 0. The van der Waals surface area contributed by atoms with E-state index in [1.54, 1.807) is 6.20 Å². The van der Waals surface area contributed by atoms with Gasteiger partial charge in [0.05, 0.1) is 11.4 Å². The van der Waals surface area contributed by atoms with E-state index in [2.05, 4.69) is 21.9 Å². The van der Waals surface area contributed by atoms with Gasteiger partial charge in [-0.25, -0.2) is 0 Å². The lowest BCUT2D eigenvalue weighted by molar-refractivity contribution is 0.796. The van der Waals surface area contributed by atoms with Crippen LogP contribution in [0.4, 0.5) is 0 Å². The van der Waals surface area contributed by atoms with Crippen LogP contribution in [0.2, 0.25) is 0 Å². The normalized spacial score (nSPS) is 15.2. The molecule has 0 aliphatic carbocycles. The zero-order chi connectivity index (χ0) is 8.93. The molecule has 1 aromatic rings. The third-order valence-corrected chi connectivity index (χ3v) is 1.81. The maximum Gasteiger partial charge on any atom is 0.0875 e. The van der Waals surface area contributed by atoms with Crippen LogP contribution < -0.4 is 10.9 Å². The van der Waals surface area contributed by atoms with Gasteiger partial charge in [0.15, 0.2) is 0 Å². The highest BCUT2D eigenvalue weighted by Gasteiger charge is 2.00. The lowest BCUT2D eigenvalue weighted by atomic mass is 10.2. The molecule has 1 aromatic heterocycles. The van der Waals surface area contributed by atoms with Crippen LogP contribution in [-0.4, -0.2) is 4.98 Å². The molecule has 0 aromatic carbocycles. The van der Waals surface area contributed by atoms with Gasteiger partial charge in [0.1, 0.15) is 0 Å². The zero-order valence-corrected chi connectivity index (χ0v) is 7.20. The molecule has 0 unspecified atom stereocenters. The lowest BCUT2D eigenvalue weighted by Crippen LogP contribution is -2.24. The Labute approximate surface area is 77.2 Å². The van der Waals surface area contributed by atoms with Crippen LogP contribution in [0.25, 0.3) is 5.70 Å². The van der Waals surface area contributed by atoms with Gasteiger partial charge >= 0.3 is 0 Å². The summed E-state index contributed by atoms with van der Waals surface area (Å²) in [7, 11) is 0. The number of nitrogens with zero attached hydrogens (tertiary/aromatic N) is 1. The van der Waals surface area contributed by atoms with Crippen molar-refractivity contribution < 1.29 is 0 Å². The quantitative estimate of drug-likeness (QED) is 0.674. The standard InChI is InChI=1S/C10H11N3/c1-3-7-11-9(5-1)10-6-2-4-8-12-13-10/h1,3-8,12-13H,2H2. The van der Waals surface area contributed by atoms with Crippen LogP contribution in [0.15, 0.2) is 42.7 Å². The summed E-state index contributed by atoms with van der Waals surface area (Å²) in [5.41, 5.74) is 7.99.